The maximum absolute atomic E-state index is 3.60. The van der Waals surface area contributed by atoms with Crippen molar-refractivity contribution in [2.24, 2.45) is 11.8 Å². The molecule has 4 aliphatic rings. The third-order valence-corrected chi connectivity index (χ3v) is 5.74. The van der Waals surface area contributed by atoms with Crippen LogP contribution in [0.25, 0.3) is 0 Å². The van der Waals surface area contributed by atoms with Gasteiger partial charge in [-0.1, -0.05) is 39.5 Å². The summed E-state index contributed by atoms with van der Waals surface area (Å²) in [6.07, 6.45) is 30.6. The van der Waals surface area contributed by atoms with E-state index in [1.807, 2.05) is 37.2 Å². The summed E-state index contributed by atoms with van der Waals surface area (Å²) < 4.78 is 0. The second-order valence-corrected chi connectivity index (χ2v) is 8.40. The molecule has 0 aliphatic heterocycles. The molecular formula is C33H50SiZr-6. The van der Waals surface area contributed by atoms with Gasteiger partial charge in [0.2, 0.25) is 0 Å². The van der Waals surface area contributed by atoms with Gasteiger partial charge in [0.05, 0.1) is 0 Å². The molecule has 35 heavy (non-hydrogen) atoms. The van der Waals surface area contributed by atoms with Crippen LogP contribution in [0, 0.1) is 52.0 Å². The summed E-state index contributed by atoms with van der Waals surface area (Å²) >= 11 is 1.58. The monoisotopic (exact) mass is 564 g/mol. The van der Waals surface area contributed by atoms with E-state index in [1.165, 1.54) is 51.4 Å². The zero-order valence-corrected chi connectivity index (χ0v) is 26.7. The van der Waals surface area contributed by atoms with E-state index in [-0.39, 0.29) is 7.43 Å². The Morgan fingerprint density at radius 2 is 1.23 bits per heavy atom. The van der Waals surface area contributed by atoms with Crippen molar-refractivity contribution in [3.05, 3.63) is 118 Å². The van der Waals surface area contributed by atoms with E-state index in [9.17, 15) is 0 Å². The van der Waals surface area contributed by atoms with Gasteiger partial charge in [0, 0.05) is 0 Å². The Labute approximate surface area is 237 Å². The standard InChI is InChI=1S/2C9H11.C6H5.2C4H9.CH3.H2Si.Zr/c2*1-2-5-9-7-3-6-8(9)4-1;1-2-4-6-5-3-1;2*1-3-4-2;;;/h2*1-2,4,6,9H,3,5,7H2;1-5H;2*1,3-4H2,2H3;1H3;1H2;/q6*-1;;. The number of fused-ring (bicyclic) bond motifs is 2. The molecule has 2 heteroatoms. The van der Waals surface area contributed by atoms with Crippen LogP contribution in [0.15, 0.2) is 77.9 Å². The van der Waals surface area contributed by atoms with Crippen LogP contribution in [-0.4, -0.2) is 6.88 Å². The molecule has 0 nitrogen and oxygen atoms in total. The molecule has 0 N–H and O–H groups in total. The fourth-order valence-corrected chi connectivity index (χ4v) is 3.67. The van der Waals surface area contributed by atoms with Crippen LogP contribution in [0.5, 0.6) is 0 Å². The van der Waals surface area contributed by atoms with E-state index >= 15 is 0 Å². The normalized spacial score (nSPS) is 19.2. The fraction of sp³-hybridized carbons (Fsp3) is 0.424. The van der Waals surface area contributed by atoms with Gasteiger partial charge in [-0.3, -0.25) is 0 Å². The molecule has 5 rings (SSSR count). The van der Waals surface area contributed by atoms with Crippen molar-refractivity contribution in [3.63, 3.8) is 0 Å². The summed E-state index contributed by atoms with van der Waals surface area (Å²) in [7, 11) is 0. The molecule has 0 aromatic heterocycles. The Hall–Kier alpha value is -0.980. The number of rotatable bonds is 2. The molecule has 2 unspecified atom stereocenters. The third kappa shape index (κ3) is 18.9. The zero-order valence-electron chi connectivity index (χ0n) is 22.9. The zero-order chi connectivity index (χ0) is 25.3. The van der Waals surface area contributed by atoms with E-state index in [2.05, 4.69) is 83.1 Å². The number of hydrogen-bond donors (Lipinski definition) is 0. The SMILES string of the molecule is C1=CCC2CC[CH-]C2=C1.C1=CCC2CC[CH-]C2=C1.[CH2-]CCC.[CH2-]CCC.[CH3-].[SiH2]=[Zr].[c-]1ccccc1. The molecule has 1 aromatic carbocycles. The smallest absolute Gasteiger partial charge is 0.171 e. The first-order valence-electron chi connectivity index (χ1n) is 13.0. The molecular weight excluding hydrogens is 516 g/mol. The van der Waals surface area contributed by atoms with Crippen LogP contribution in [0.2, 0.25) is 0 Å². The minimum absolute atomic E-state index is 0. The number of hydrogen-bond acceptors (Lipinski definition) is 0. The van der Waals surface area contributed by atoms with Crippen LogP contribution < -0.4 is 0 Å². The van der Waals surface area contributed by atoms with Gasteiger partial charge in [0.15, 0.2) is 0 Å². The molecule has 0 heterocycles. The summed E-state index contributed by atoms with van der Waals surface area (Å²) in [6, 6.07) is 12.5. The molecule has 2 fully saturated rings. The number of unbranched alkanes of at least 4 members (excludes halogenated alkanes) is 2. The van der Waals surface area contributed by atoms with Gasteiger partial charge < -0.3 is 21.3 Å². The van der Waals surface area contributed by atoms with Gasteiger partial charge in [0.1, 0.15) is 0 Å². The molecule has 0 saturated heterocycles. The van der Waals surface area contributed by atoms with Crippen molar-refractivity contribution < 1.29 is 23.3 Å². The summed E-state index contributed by atoms with van der Waals surface area (Å²) in [6.45, 7) is 13.4. The number of allylic oxidation sites excluding steroid dienone is 8. The Bertz CT molecular complexity index is 612. The van der Waals surface area contributed by atoms with E-state index in [1.54, 1.807) is 34.5 Å². The average Bonchev–Trinajstić information content (AvgIpc) is 3.61. The van der Waals surface area contributed by atoms with Crippen LogP contribution in [0.1, 0.15) is 78.1 Å². The first kappa shape index (κ1) is 36.2. The first-order valence-corrected chi connectivity index (χ1v) is 18.9. The van der Waals surface area contributed by atoms with Gasteiger partial charge in [-0.25, -0.2) is 36.1 Å². The maximum atomic E-state index is 3.60. The van der Waals surface area contributed by atoms with E-state index < -0.39 is 0 Å². The van der Waals surface area contributed by atoms with Crippen LogP contribution in [0.4, 0.5) is 0 Å². The summed E-state index contributed by atoms with van der Waals surface area (Å²) in [5.74, 6) is 1.77. The second kappa shape index (κ2) is 27.6. The fourth-order valence-electron chi connectivity index (χ4n) is 3.67. The summed E-state index contributed by atoms with van der Waals surface area (Å²) in [5.41, 5.74) is 3.16. The third-order valence-electron chi connectivity index (χ3n) is 5.74. The average molecular weight is 566 g/mol. The summed E-state index contributed by atoms with van der Waals surface area (Å²) in [4.78, 5) is 0. The largest absolute Gasteiger partial charge is 0.184 e. The quantitative estimate of drug-likeness (QED) is 0.248. The second-order valence-electron chi connectivity index (χ2n) is 8.40. The maximum Gasteiger partial charge on any atom is -0.171 e. The molecule has 4 aliphatic carbocycles. The van der Waals surface area contributed by atoms with Crippen molar-refractivity contribution in [1.82, 2.24) is 0 Å². The van der Waals surface area contributed by atoms with E-state index in [0.717, 1.165) is 24.7 Å². The topological polar surface area (TPSA) is 0 Å². The minimum Gasteiger partial charge on any atom is -0.184 e. The van der Waals surface area contributed by atoms with Crippen molar-refractivity contribution in [1.29, 1.82) is 0 Å². The molecule has 2 atom stereocenters. The Morgan fingerprint density at radius 3 is 1.49 bits per heavy atom. The molecule has 0 bridgehead atoms. The Balaban J connectivity index is 0. The van der Waals surface area contributed by atoms with Crippen molar-refractivity contribution in [2.45, 2.75) is 78.1 Å². The molecule has 196 valence electrons. The van der Waals surface area contributed by atoms with Crippen LogP contribution in [0.3, 0.4) is 0 Å². The molecule has 0 radical (unpaired) electrons. The summed E-state index contributed by atoms with van der Waals surface area (Å²) in [5, 5.41) is 0. The van der Waals surface area contributed by atoms with Crippen molar-refractivity contribution >= 4 is 6.88 Å². The molecule has 2 saturated carbocycles. The van der Waals surface area contributed by atoms with Gasteiger partial charge in [0.25, 0.3) is 0 Å². The van der Waals surface area contributed by atoms with E-state index in [0.29, 0.717) is 0 Å². The molecule has 0 amide bonds. The van der Waals surface area contributed by atoms with E-state index in [4.69, 9.17) is 0 Å². The predicted octanol–water partition coefficient (Wildman–Crippen LogP) is 9.23. The van der Waals surface area contributed by atoms with Crippen LogP contribution >= 0.6 is 0 Å². The molecule has 0 spiro atoms. The Morgan fingerprint density at radius 1 is 0.829 bits per heavy atom. The van der Waals surface area contributed by atoms with Gasteiger partial charge >= 0.3 is 30.2 Å². The van der Waals surface area contributed by atoms with Crippen LogP contribution in [-0.2, 0) is 23.3 Å². The van der Waals surface area contributed by atoms with Gasteiger partial charge in [-0.2, -0.15) is 49.2 Å². The first-order chi connectivity index (χ1) is 16.8. The van der Waals surface area contributed by atoms with Gasteiger partial charge in [-0.15, -0.1) is 37.1 Å². The Kier molecular flexibility index (Phi) is 28.5. The molecule has 1 aromatic rings. The minimum atomic E-state index is 0. The van der Waals surface area contributed by atoms with Crippen molar-refractivity contribution in [3.8, 4) is 0 Å². The van der Waals surface area contributed by atoms with Crippen molar-refractivity contribution in [2.75, 3.05) is 0 Å². The van der Waals surface area contributed by atoms with Gasteiger partial charge in [-0.05, 0) is 24.7 Å². The predicted molar refractivity (Wildman–Crippen MR) is 158 cm³/mol. The number of benzene rings is 1.